The van der Waals surface area contributed by atoms with E-state index in [1.807, 2.05) is 32.9 Å². The summed E-state index contributed by atoms with van der Waals surface area (Å²) in [6.07, 6.45) is 2.28. The topological polar surface area (TPSA) is 94.3 Å². The van der Waals surface area contributed by atoms with Gasteiger partial charge in [0.15, 0.2) is 0 Å². The highest BCUT2D eigenvalue weighted by atomic mass is 79.9. The Kier molecular flexibility index (Phi) is 7.56. The number of aromatic nitrogens is 1. The molecule has 1 aromatic carbocycles. The molecule has 1 fully saturated rings. The molecule has 1 atom stereocenters. The van der Waals surface area contributed by atoms with Gasteiger partial charge in [-0.3, -0.25) is 14.4 Å². The number of aromatic amines is 1. The first kappa shape index (κ1) is 23.8. The molecule has 170 valence electrons. The Bertz CT molecular complexity index is 1110. The molecule has 2 heterocycles. The number of aryl methyl sites for hydroxylation is 2. The number of hydrogen-bond acceptors (Lipinski definition) is 4. The van der Waals surface area contributed by atoms with E-state index in [2.05, 4.69) is 38.1 Å². The van der Waals surface area contributed by atoms with Gasteiger partial charge in [0.1, 0.15) is 0 Å². The molecule has 1 aliphatic heterocycles. The summed E-state index contributed by atoms with van der Waals surface area (Å²) < 4.78 is 0.787. The van der Waals surface area contributed by atoms with Crippen LogP contribution in [-0.2, 0) is 11.3 Å². The van der Waals surface area contributed by atoms with Gasteiger partial charge in [0.05, 0.1) is 0 Å². The molecule has 1 aromatic heterocycles. The average molecular weight is 501 g/mol. The van der Waals surface area contributed by atoms with Crippen molar-refractivity contribution >= 4 is 33.4 Å². The standard InChI is InChI=1S/C24H29BrN4O3/c1-5-22(30)29-7-6-17(13-29)11-26-21-10-18(25)9-19(16(21)4)23(31)27-12-20-14(2)8-15(3)28-24(20)32/h5,8-10,17,26H,1,6-7,11-13H2,2-4H3,(H,27,31)(H,28,32). The van der Waals surface area contributed by atoms with Crippen molar-refractivity contribution < 1.29 is 9.59 Å². The molecule has 0 aliphatic carbocycles. The molecular formula is C24H29BrN4O3. The summed E-state index contributed by atoms with van der Waals surface area (Å²) in [7, 11) is 0. The first-order valence-corrected chi connectivity index (χ1v) is 11.4. The van der Waals surface area contributed by atoms with E-state index in [9.17, 15) is 14.4 Å². The van der Waals surface area contributed by atoms with Crippen LogP contribution in [0, 0.1) is 26.7 Å². The first-order chi connectivity index (χ1) is 15.2. The zero-order valence-electron chi connectivity index (χ0n) is 18.7. The van der Waals surface area contributed by atoms with Crippen LogP contribution in [0.25, 0.3) is 0 Å². The third-order valence-electron chi connectivity index (χ3n) is 5.89. The van der Waals surface area contributed by atoms with Crippen molar-refractivity contribution in [2.24, 2.45) is 5.92 Å². The number of carbonyl (C=O) groups is 2. The summed E-state index contributed by atoms with van der Waals surface area (Å²) in [5.74, 6) is 0.0633. The van der Waals surface area contributed by atoms with Gasteiger partial charge in [-0.15, -0.1) is 0 Å². The fourth-order valence-electron chi connectivity index (χ4n) is 4.05. The van der Waals surface area contributed by atoms with Crippen molar-refractivity contribution in [3.8, 4) is 0 Å². The van der Waals surface area contributed by atoms with Gasteiger partial charge in [-0.1, -0.05) is 22.5 Å². The summed E-state index contributed by atoms with van der Waals surface area (Å²) in [4.78, 5) is 41.5. The van der Waals surface area contributed by atoms with E-state index in [1.54, 1.807) is 11.0 Å². The van der Waals surface area contributed by atoms with Crippen molar-refractivity contribution in [2.75, 3.05) is 25.0 Å². The number of amides is 2. The molecule has 0 spiro atoms. The lowest BCUT2D eigenvalue weighted by atomic mass is 10.0. The number of H-pyrrole nitrogens is 1. The lowest BCUT2D eigenvalue weighted by molar-refractivity contribution is -0.125. The van der Waals surface area contributed by atoms with E-state index in [4.69, 9.17) is 0 Å². The van der Waals surface area contributed by atoms with Gasteiger partial charge >= 0.3 is 0 Å². The molecule has 0 bridgehead atoms. The maximum absolute atomic E-state index is 12.9. The third-order valence-corrected chi connectivity index (χ3v) is 6.35. The number of pyridine rings is 1. The molecule has 1 aliphatic rings. The van der Waals surface area contributed by atoms with Crippen LogP contribution in [0.2, 0.25) is 0 Å². The normalized spacial score (nSPS) is 15.5. The van der Waals surface area contributed by atoms with Gasteiger partial charge in [0, 0.05) is 53.2 Å². The highest BCUT2D eigenvalue weighted by Gasteiger charge is 2.25. The Labute approximate surface area is 196 Å². The molecule has 3 N–H and O–H groups in total. The van der Waals surface area contributed by atoms with Gasteiger partial charge in [-0.25, -0.2) is 0 Å². The Morgan fingerprint density at radius 2 is 2.03 bits per heavy atom. The van der Waals surface area contributed by atoms with Crippen LogP contribution in [-0.4, -0.2) is 41.3 Å². The number of likely N-dealkylation sites (tertiary alicyclic amines) is 1. The molecular weight excluding hydrogens is 472 g/mol. The zero-order valence-corrected chi connectivity index (χ0v) is 20.3. The molecule has 8 heteroatoms. The largest absolute Gasteiger partial charge is 0.384 e. The minimum Gasteiger partial charge on any atom is -0.384 e. The van der Waals surface area contributed by atoms with Crippen molar-refractivity contribution in [1.82, 2.24) is 15.2 Å². The number of benzene rings is 1. The number of nitrogens with one attached hydrogen (secondary N) is 3. The van der Waals surface area contributed by atoms with Crippen molar-refractivity contribution in [2.45, 2.75) is 33.7 Å². The second-order valence-electron chi connectivity index (χ2n) is 8.28. The summed E-state index contributed by atoms with van der Waals surface area (Å²) in [5, 5.41) is 6.31. The minimum atomic E-state index is -0.241. The second kappa shape index (κ2) is 10.2. The van der Waals surface area contributed by atoms with Gasteiger partial charge in [0.2, 0.25) is 5.91 Å². The van der Waals surface area contributed by atoms with Crippen molar-refractivity contribution in [1.29, 1.82) is 0 Å². The van der Waals surface area contributed by atoms with Gasteiger partial charge in [0.25, 0.3) is 11.5 Å². The van der Waals surface area contributed by atoms with Gasteiger partial charge < -0.3 is 20.5 Å². The van der Waals surface area contributed by atoms with Crippen molar-refractivity contribution in [3.05, 3.63) is 73.6 Å². The van der Waals surface area contributed by atoms with Crippen LogP contribution in [0.5, 0.6) is 0 Å². The molecule has 0 saturated carbocycles. The fourth-order valence-corrected chi connectivity index (χ4v) is 4.50. The van der Waals surface area contributed by atoms with E-state index < -0.39 is 0 Å². The third kappa shape index (κ3) is 5.48. The summed E-state index contributed by atoms with van der Waals surface area (Å²) in [5.41, 5.74) is 4.24. The molecule has 2 amide bonds. The SMILES string of the molecule is C=CC(=O)N1CCC(CNc2cc(Br)cc(C(=O)NCc3c(C)cc(C)[nH]c3=O)c2C)C1. The monoisotopic (exact) mass is 500 g/mol. The Hall–Kier alpha value is -2.87. The van der Waals surface area contributed by atoms with Crippen LogP contribution >= 0.6 is 15.9 Å². The number of anilines is 1. The van der Waals surface area contributed by atoms with Crippen LogP contribution < -0.4 is 16.2 Å². The predicted octanol–water partition coefficient (Wildman–Crippen LogP) is 3.44. The smallest absolute Gasteiger partial charge is 0.253 e. The Morgan fingerprint density at radius 3 is 2.72 bits per heavy atom. The highest BCUT2D eigenvalue weighted by Crippen LogP contribution is 2.26. The number of carbonyl (C=O) groups excluding carboxylic acids is 2. The maximum Gasteiger partial charge on any atom is 0.253 e. The highest BCUT2D eigenvalue weighted by molar-refractivity contribution is 9.10. The fraction of sp³-hybridized carbons (Fsp3) is 0.375. The van der Waals surface area contributed by atoms with Crippen LogP contribution in [0.15, 0.2) is 40.1 Å². The van der Waals surface area contributed by atoms with E-state index in [0.717, 1.165) is 39.9 Å². The lowest BCUT2D eigenvalue weighted by Crippen LogP contribution is -2.29. The minimum absolute atomic E-state index is 0.0345. The first-order valence-electron chi connectivity index (χ1n) is 10.6. The summed E-state index contributed by atoms with van der Waals surface area (Å²) in [6, 6.07) is 5.62. The van der Waals surface area contributed by atoms with Crippen LogP contribution in [0.3, 0.4) is 0 Å². The van der Waals surface area contributed by atoms with Crippen LogP contribution in [0.1, 0.15) is 39.2 Å². The molecule has 32 heavy (non-hydrogen) atoms. The Morgan fingerprint density at radius 1 is 1.28 bits per heavy atom. The zero-order chi connectivity index (χ0) is 23.4. The quantitative estimate of drug-likeness (QED) is 0.507. The van der Waals surface area contributed by atoms with Gasteiger partial charge in [-0.2, -0.15) is 0 Å². The summed E-state index contributed by atoms with van der Waals surface area (Å²) >= 11 is 3.50. The number of halogens is 1. The molecule has 3 rings (SSSR count). The lowest BCUT2D eigenvalue weighted by Gasteiger charge is -2.18. The molecule has 1 unspecified atom stereocenters. The molecule has 0 radical (unpaired) electrons. The predicted molar refractivity (Wildman–Crippen MR) is 130 cm³/mol. The maximum atomic E-state index is 12.9. The second-order valence-corrected chi connectivity index (χ2v) is 9.19. The Balaban J connectivity index is 1.68. The molecule has 1 saturated heterocycles. The van der Waals surface area contributed by atoms with E-state index in [-0.39, 0.29) is 23.9 Å². The number of hydrogen-bond donors (Lipinski definition) is 3. The van der Waals surface area contributed by atoms with E-state index in [1.165, 1.54) is 6.08 Å². The van der Waals surface area contributed by atoms with Gasteiger partial charge in [-0.05, 0) is 68.5 Å². The average Bonchev–Trinajstić information content (AvgIpc) is 3.21. The van der Waals surface area contributed by atoms with Crippen molar-refractivity contribution in [3.63, 3.8) is 0 Å². The molecule has 7 nitrogen and oxygen atoms in total. The van der Waals surface area contributed by atoms with Crippen LogP contribution in [0.4, 0.5) is 5.69 Å². The summed E-state index contributed by atoms with van der Waals surface area (Å²) in [6.45, 7) is 11.4. The van der Waals surface area contributed by atoms with E-state index >= 15 is 0 Å². The molecule has 2 aromatic rings. The number of nitrogens with zero attached hydrogens (tertiary/aromatic N) is 1. The number of rotatable bonds is 7. The van der Waals surface area contributed by atoms with E-state index in [0.29, 0.717) is 30.1 Å².